The largest absolute Gasteiger partial charge is 0.513 e. The van der Waals surface area contributed by atoms with E-state index in [0.717, 1.165) is 5.56 Å². The molecule has 0 spiro atoms. The van der Waals surface area contributed by atoms with Crippen molar-refractivity contribution in [1.82, 2.24) is 0 Å². The molecule has 2 aromatic carbocycles. The average Bonchev–Trinajstić information content (AvgIpc) is 2.47. The third-order valence-corrected chi connectivity index (χ3v) is 2.71. The Morgan fingerprint density at radius 2 is 1.84 bits per heavy atom. The second-order valence-corrected chi connectivity index (χ2v) is 3.84. The highest BCUT2D eigenvalue weighted by molar-refractivity contribution is 5.72. The molecule has 0 radical (unpaired) electrons. The van der Waals surface area contributed by atoms with Gasteiger partial charge in [-0.05, 0) is 17.2 Å². The summed E-state index contributed by atoms with van der Waals surface area (Å²) in [4.78, 5) is 11.1. The first-order valence-electron chi connectivity index (χ1n) is 5.75. The first-order valence-corrected chi connectivity index (χ1v) is 5.75. The summed E-state index contributed by atoms with van der Waals surface area (Å²) in [6, 6.07) is 14.4. The van der Waals surface area contributed by atoms with Crippen LogP contribution in [0.2, 0.25) is 0 Å². The van der Waals surface area contributed by atoms with Gasteiger partial charge in [0.15, 0.2) is 0 Å². The Kier molecular flexibility index (Phi) is 4.13. The molecule has 4 heteroatoms. The zero-order valence-corrected chi connectivity index (χ0v) is 10.4. The van der Waals surface area contributed by atoms with Crippen molar-refractivity contribution >= 4 is 6.16 Å². The highest BCUT2D eigenvalue weighted by Crippen LogP contribution is 2.31. The molecule has 2 rings (SSSR count). The highest BCUT2D eigenvalue weighted by atomic mass is 19.1. The number of ether oxygens (including phenoxy) is 2. The molecule has 0 amide bonds. The number of methoxy groups -OCH3 is 1. The quantitative estimate of drug-likeness (QED) is 0.618. The van der Waals surface area contributed by atoms with Crippen molar-refractivity contribution in [3.8, 4) is 16.9 Å². The van der Waals surface area contributed by atoms with E-state index in [4.69, 9.17) is 4.74 Å². The lowest BCUT2D eigenvalue weighted by Gasteiger charge is -2.11. The van der Waals surface area contributed by atoms with Crippen LogP contribution >= 0.6 is 0 Å². The summed E-state index contributed by atoms with van der Waals surface area (Å²) >= 11 is 0. The van der Waals surface area contributed by atoms with Crippen molar-refractivity contribution in [2.24, 2.45) is 0 Å². The van der Waals surface area contributed by atoms with Crippen LogP contribution in [0.5, 0.6) is 5.75 Å². The Bertz CT molecular complexity index is 567. The molecule has 0 aromatic heterocycles. The van der Waals surface area contributed by atoms with Crippen LogP contribution in [0.15, 0.2) is 48.5 Å². The summed E-state index contributed by atoms with van der Waals surface area (Å²) in [5.74, 6) is 0.177. The number of benzene rings is 2. The number of hydrogen-bond donors (Lipinski definition) is 0. The zero-order valence-electron chi connectivity index (χ0n) is 10.4. The standard InChI is InChI=1S/C15H13FO3/c1-18-15(17)19-14-9-5-8-12(13(14)10-16)11-6-3-2-4-7-11/h2-9H,10H2,1H3. The van der Waals surface area contributed by atoms with Crippen LogP contribution in [0, 0.1) is 0 Å². The van der Waals surface area contributed by atoms with E-state index in [1.165, 1.54) is 13.2 Å². The smallest absolute Gasteiger partial charge is 0.437 e. The van der Waals surface area contributed by atoms with Crippen LogP contribution in [0.4, 0.5) is 9.18 Å². The fourth-order valence-corrected chi connectivity index (χ4v) is 1.82. The lowest BCUT2D eigenvalue weighted by molar-refractivity contribution is 0.121. The molecular formula is C15H13FO3. The molecule has 0 aliphatic heterocycles. The van der Waals surface area contributed by atoms with Crippen LogP contribution in [0.3, 0.4) is 0 Å². The van der Waals surface area contributed by atoms with Gasteiger partial charge in [0, 0.05) is 5.56 Å². The fourth-order valence-electron chi connectivity index (χ4n) is 1.82. The number of alkyl halides is 1. The molecule has 0 heterocycles. The summed E-state index contributed by atoms with van der Waals surface area (Å²) < 4.78 is 22.6. The summed E-state index contributed by atoms with van der Waals surface area (Å²) in [7, 11) is 1.21. The van der Waals surface area contributed by atoms with Crippen LogP contribution in [-0.2, 0) is 11.4 Å². The van der Waals surface area contributed by atoms with Gasteiger partial charge in [-0.25, -0.2) is 9.18 Å². The maximum Gasteiger partial charge on any atom is 0.513 e. The molecule has 0 unspecified atom stereocenters. The Morgan fingerprint density at radius 1 is 1.11 bits per heavy atom. The molecule has 0 atom stereocenters. The van der Waals surface area contributed by atoms with Crippen molar-refractivity contribution in [2.45, 2.75) is 6.67 Å². The highest BCUT2D eigenvalue weighted by Gasteiger charge is 2.14. The lowest BCUT2D eigenvalue weighted by Crippen LogP contribution is -2.09. The van der Waals surface area contributed by atoms with E-state index in [1.807, 2.05) is 30.3 Å². The number of halogens is 1. The van der Waals surface area contributed by atoms with Gasteiger partial charge in [0.1, 0.15) is 12.4 Å². The van der Waals surface area contributed by atoms with E-state index in [9.17, 15) is 9.18 Å². The molecule has 0 N–H and O–H groups in total. The van der Waals surface area contributed by atoms with Gasteiger partial charge in [-0.15, -0.1) is 0 Å². The number of rotatable bonds is 3. The SMILES string of the molecule is COC(=O)Oc1cccc(-c2ccccc2)c1CF. The van der Waals surface area contributed by atoms with E-state index in [1.54, 1.807) is 12.1 Å². The van der Waals surface area contributed by atoms with Crippen molar-refractivity contribution in [1.29, 1.82) is 0 Å². The van der Waals surface area contributed by atoms with Crippen LogP contribution in [-0.4, -0.2) is 13.3 Å². The number of hydrogen-bond acceptors (Lipinski definition) is 3. The minimum Gasteiger partial charge on any atom is -0.437 e. The molecular weight excluding hydrogens is 247 g/mol. The summed E-state index contributed by atoms with van der Waals surface area (Å²) in [5, 5.41) is 0. The van der Waals surface area contributed by atoms with Gasteiger partial charge < -0.3 is 9.47 Å². The van der Waals surface area contributed by atoms with Crippen molar-refractivity contribution in [2.75, 3.05) is 7.11 Å². The topological polar surface area (TPSA) is 35.5 Å². The lowest BCUT2D eigenvalue weighted by atomic mass is 10.00. The van der Waals surface area contributed by atoms with Gasteiger partial charge in [0.25, 0.3) is 0 Å². The monoisotopic (exact) mass is 260 g/mol. The van der Waals surface area contributed by atoms with Gasteiger partial charge in [-0.2, -0.15) is 0 Å². The predicted octanol–water partition coefficient (Wildman–Crippen LogP) is 3.97. The minimum atomic E-state index is -0.861. The second-order valence-electron chi connectivity index (χ2n) is 3.84. The zero-order chi connectivity index (χ0) is 13.7. The predicted molar refractivity (Wildman–Crippen MR) is 69.7 cm³/mol. The van der Waals surface area contributed by atoms with Gasteiger partial charge >= 0.3 is 6.16 Å². The van der Waals surface area contributed by atoms with Crippen molar-refractivity contribution in [3.63, 3.8) is 0 Å². The van der Waals surface area contributed by atoms with E-state index in [2.05, 4.69) is 4.74 Å². The van der Waals surface area contributed by atoms with Crippen LogP contribution in [0.25, 0.3) is 11.1 Å². The molecule has 2 aromatic rings. The molecule has 3 nitrogen and oxygen atoms in total. The third kappa shape index (κ3) is 2.91. The molecule has 0 aliphatic rings. The van der Waals surface area contributed by atoms with E-state index >= 15 is 0 Å². The van der Waals surface area contributed by atoms with Gasteiger partial charge in [0.2, 0.25) is 0 Å². The van der Waals surface area contributed by atoms with Crippen LogP contribution < -0.4 is 4.74 Å². The summed E-state index contributed by atoms with van der Waals surface area (Å²) in [6.45, 7) is -0.725. The molecule has 0 aliphatic carbocycles. The maximum absolute atomic E-state index is 13.3. The first-order chi connectivity index (χ1) is 9.26. The molecule has 0 saturated carbocycles. The van der Waals surface area contributed by atoms with Crippen LogP contribution in [0.1, 0.15) is 5.56 Å². The van der Waals surface area contributed by atoms with E-state index in [-0.39, 0.29) is 5.75 Å². The normalized spacial score (nSPS) is 10.0. The maximum atomic E-state index is 13.3. The Morgan fingerprint density at radius 3 is 2.47 bits per heavy atom. The average molecular weight is 260 g/mol. The van der Waals surface area contributed by atoms with Gasteiger partial charge in [-0.1, -0.05) is 42.5 Å². The van der Waals surface area contributed by atoms with Gasteiger partial charge in [-0.3, -0.25) is 0 Å². The summed E-state index contributed by atoms with van der Waals surface area (Å²) in [6.07, 6.45) is -0.861. The van der Waals surface area contributed by atoms with Crippen molar-refractivity contribution < 1.29 is 18.7 Å². The summed E-state index contributed by atoms with van der Waals surface area (Å²) in [5.41, 5.74) is 1.90. The second kappa shape index (κ2) is 6.00. The molecule has 0 saturated heterocycles. The van der Waals surface area contributed by atoms with Crippen molar-refractivity contribution in [3.05, 3.63) is 54.1 Å². The minimum absolute atomic E-state index is 0.177. The molecule has 0 bridgehead atoms. The molecule has 98 valence electrons. The fraction of sp³-hybridized carbons (Fsp3) is 0.133. The van der Waals surface area contributed by atoms with Gasteiger partial charge in [0.05, 0.1) is 7.11 Å². The molecule has 19 heavy (non-hydrogen) atoms. The first kappa shape index (κ1) is 13.1. The third-order valence-electron chi connectivity index (χ3n) is 2.71. The Hall–Kier alpha value is -2.36. The van der Waals surface area contributed by atoms with E-state index in [0.29, 0.717) is 11.1 Å². The number of carbonyl (C=O) groups is 1. The van der Waals surface area contributed by atoms with E-state index < -0.39 is 12.8 Å². The Labute approximate surface area is 110 Å². The Balaban J connectivity index is 2.45. The number of carbonyl (C=O) groups excluding carboxylic acids is 1. The molecule has 0 fully saturated rings.